The molecule has 2 aromatic rings. The summed E-state index contributed by atoms with van der Waals surface area (Å²) in [5.74, 6) is 0.874. The molecule has 0 bridgehead atoms. The van der Waals surface area contributed by atoms with Crippen LogP contribution in [0.25, 0.3) is 11.1 Å². The molecule has 3 rings (SSSR count). The monoisotopic (exact) mass is 259 g/mol. The van der Waals surface area contributed by atoms with Crippen LogP contribution < -0.4 is 10.2 Å². The zero-order chi connectivity index (χ0) is 13.1. The van der Waals surface area contributed by atoms with Gasteiger partial charge < -0.3 is 14.6 Å². The molecule has 0 aliphatic carbocycles. The van der Waals surface area contributed by atoms with E-state index in [1.807, 2.05) is 6.07 Å². The summed E-state index contributed by atoms with van der Waals surface area (Å²) in [7, 11) is 0. The van der Waals surface area contributed by atoms with E-state index in [9.17, 15) is 0 Å². The minimum atomic E-state index is 0.874. The molecular formula is C15H21N3O. The van der Waals surface area contributed by atoms with E-state index in [1.165, 1.54) is 12.1 Å². The summed E-state index contributed by atoms with van der Waals surface area (Å²) in [5, 5.41) is 3.38. The molecule has 0 amide bonds. The summed E-state index contributed by atoms with van der Waals surface area (Å²) < 4.78 is 5.98. The number of unbranched alkanes of at least 4 members (excludes halogenated alkanes) is 1. The van der Waals surface area contributed by atoms with Gasteiger partial charge in [-0.25, -0.2) is 4.98 Å². The van der Waals surface area contributed by atoms with Crippen molar-refractivity contribution in [3.05, 3.63) is 24.1 Å². The molecule has 0 unspecified atom stereocenters. The number of benzene rings is 1. The van der Waals surface area contributed by atoms with Gasteiger partial charge in [-0.15, -0.1) is 0 Å². The van der Waals surface area contributed by atoms with Gasteiger partial charge in [-0.2, -0.15) is 0 Å². The van der Waals surface area contributed by atoms with E-state index in [1.54, 1.807) is 0 Å². The van der Waals surface area contributed by atoms with Gasteiger partial charge in [-0.1, -0.05) is 19.4 Å². The fourth-order valence-corrected chi connectivity index (χ4v) is 2.57. The largest absolute Gasteiger partial charge is 0.439 e. The number of oxazole rings is 1. The van der Waals surface area contributed by atoms with E-state index in [4.69, 9.17) is 4.42 Å². The Morgan fingerprint density at radius 1 is 1.32 bits per heavy atom. The summed E-state index contributed by atoms with van der Waals surface area (Å²) in [5.41, 5.74) is 3.13. The average Bonchev–Trinajstić information content (AvgIpc) is 2.88. The molecule has 1 aromatic heterocycles. The van der Waals surface area contributed by atoms with Gasteiger partial charge in [0.25, 0.3) is 0 Å². The summed E-state index contributed by atoms with van der Waals surface area (Å²) in [6, 6.07) is 6.26. The minimum Gasteiger partial charge on any atom is -0.439 e. The van der Waals surface area contributed by atoms with Crippen molar-refractivity contribution in [1.82, 2.24) is 10.3 Å². The van der Waals surface area contributed by atoms with Crippen LogP contribution in [0.3, 0.4) is 0 Å². The van der Waals surface area contributed by atoms with Crippen molar-refractivity contribution in [1.29, 1.82) is 0 Å². The number of rotatable bonds is 4. The zero-order valence-electron chi connectivity index (χ0n) is 11.5. The number of anilines is 1. The summed E-state index contributed by atoms with van der Waals surface area (Å²) in [6.07, 6.45) is 3.24. The molecule has 4 heteroatoms. The lowest BCUT2D eigenvalue weighted by Crippen LogP contribution is -2.43. The van der Waals surface area contributed by atoms with Crippen LogP contribution in [0.2, 0.25) is 0 Å². The van der Waals surface area contributed by atoms with E-state index in [2.05, 4.69) is 34.3 Å². The first-order chi connectivity index (χ1) is 9.38. The van der Waals surface area contributed by atoms with Gasteiger partial charge in [0.2, 0.25) is 0 Å². The highest BCUT2D eigenvalue weighted by molar-refractivity contribution is 5.86. The summed E-state index contributed by atoms with van der Waals surface area (Å²) in [6.45, 7) is 6.32. The summed E-state index contributed by atoms with van der Waals surface area (Å²) in [4.78, 5) is 6.98. The lowest BCUT2D eigenvalue weighted by atomic mass is 10.2. The second-order valence-electron chi connectivity index (χ2n) is 5.07. The molecule has 0 atom stereocenters. The maximum Gasteiger partial charge on any atom is 0.195 e. The van der Waals surface area contributed by atoms with Crippen LogP contribution in [0.15, 0.2) is 22.6 Å². The highest BCUT2D eigenvalue weighted by atomic mass is 16.3. The van der Waals surface area contributed by atoms with Gasteiger partial charge in [-0.3, -0.25) is 0 Å². The molecule has 0 spiro atoms. The Hall–Kier alpha value is -1.55. The Bertz CT molecular complexity index is 543. The molecule has 0 saturated carbocycles. The van der Waals surface area contributed by atoms with Crippen molar-refractivity contribution in [3.63, 3.8) is 0 Å². The van der Waals surface area contributed by atoms with Crippen molar-refractivity contribution in [2.45, 2.75) is 26.2 Å². The third-order valence-electron chi connectivity index (χ3n) is 3.64. The predicted octanol–water partition coefficient (Wildman–Crippen LogP) is 2.58. The predicted molar refractivity (Wildman–Crippen MR) is 77.7 cm³/mol. The summed E-state index contributed by atoms with van der Waals surface area (Å²) >= 11 is 0. The number of hydrogen-bond acceptors (Lipinski definition) is 4. The highest BCUT2D eigenvalue weighted by Crippen LogP contribution is 2.28. The number of aryl methyl sites for hydroxylation is 1. The Morgan fingerprint density at radius 3 is 2.95 bits per heavy atom. The quantitative estimate of drug-likeness (QED) is 0.916. The maximum absolute atomic E-state index is 5.98. The lowest BCUT2D eigenvalue weighted by molar-refractivity contribution is 0.515. The van der Waals surface area contributed by atoms with Crippen LogP contribution in [-0.4, -0.2) is 31.2 Å². The number of nitrogens with one attached hydrogen (secondary N) is 1. The molecule has 1 fully saturated rings. The Labute approximate surface area is 113 Å². The first kappa shape index (κ1) is 12.5. The van der Waals surface area contributed by atoms with E-state index in [-0.39, 0.29) is 0 Å². The van der Waals surface area contributed by atoms with Crippen molar-refractivity contribution in [3.8, 4) is 0 Å². The fourth-order valence-electron chi connectivity index (χ4n) is 2.57. The van der Waals surface area contributed by atoms with Gasteiger partial charge in [-0.05, 0) is 18.6 Å². The SMILES string of the molecule is CCCCc1nc2cccc(N3CCNCC3)c2o1. The van der Waals surface area contributed by atoms with Crippen LogP contribution in [0.1, 0.15) is 25.7 Å². The van der Waals surface area contributed by atoms with Crippen molar-refractivity contribution in [2.75, 3.05) is 31.1 Å². The third kappa shape index (κ3) is 2.59. The van der Waals surface area contributed by atoms with Gasteiger partial charge >= 0.3 is 0 Å². The lowest BCUT2D eigenvalue weighted by Gasteiger charge is -2.29. The van der Waals surface area contributed by atoms with Crippen molar-refractivity contribution < 1.29 is 4.42 Å². The zero-order valence-corrected chi connectivity index (χ0v) is 11.5. The van der Waals surface area contributed by atoms with Gasteiger partial charge in [0, 0.05) is 32.6 Å². The van der Waals surface area contributed by atoms with E-state index < -0.39 is 0 Å². The number of aromatic nitrogens is 1. The normalized spacial score (nSPS) is 16.2. The van der Waals surface area contributed by atoms with E-state index in [0.717, 1.165) is 56.0 Å². The second-order valence-corrected chi connectivity index (χ2v) is 5.07. The van der Waals surface area contributed by atoms with Crippen LogP contribution in [0, 0.1) is 0 Å². The van der Waals surface area contributed by atoms with E-state index >= 15 is 0 Å². The second kappa shape index (κ2) is 5.61. The smallest absolute Gasteiger partial charge is 0.195 e. The molecule has 1 aromatic carbocycles. The van der Waals surface area contributed by atoms with Crippen LogP contribution in [0.5, 0.6) is 0 Å². The first-order valence-corrected chi connectivity index (χ1v) is 7.22. The van der Waals surface area contributed by atoms with Crippen LogP contribution in [0.4, 0.5) is 5.69 Å². The number of hydrogen-bond donors (Lipinski definition) is 1. The molecule has 1 aliphatic heterocycles. The fraction of sp³-hybridized carbons (Fsp3) is 0.533. The number of nitrogens with zero attached hydrogens (tertiary/aromatic N) is 2. The topological polar surface area (TPSA) is 41.3 Å². The average molecular weight is 259 g/mol. The Kier molecular flexibility index (Phi) is 3.69. The number of piperazine rings is 1. The Morgan fingerprint density at radius 2 is 2.16 bits per heavy atom. The number of para-hydroxylation sites is 1. The maximum atomic E-state index is 5.98. The molecule has 2 heterocycles. The first-order valence-electron chi connectivity index (χ1n) is 7.22. The number of fused-ring (bicyclic) bond motifs is 1. The molecule has 1 aliphatic rings. The van der Waals surface area contributed by atoms with E-state index in [0.29, 0.717) is 0 Å². The minimum absolute atomic E-state index is 0.874. The molecule has 1 N–H and O–H groups in total. The molecular weight excluding hydrogens is 238 g/mol. The van der Waals surface area contributed by atoms with Crippen LogP contribution >= 0.6 is 0 Å². The Balaban J connectivity index is 1.92. The molecule has 19 heavy (non-hydrogen) atoms. The third-order valence-corrected chi connectivity index (χ3v) is 3.64. The van der Waals surface area contributed by atoms with Gasteiger partial charge in [0.05, 0.1) is 5.69 Å². The van der Waals surface area contributed by atoms with Crippen molar-refractivity contribution in [2.24, 2.45) is 0 Å². The standard InChI is InChI=1S/C15H21N3O/c1-2-3-7-14-17-12-5-4-6-13(15(12)19-14)18-10-8-16-9-11-18/h4-6,16H,2-3,7-11H2,1H3. The highest BCUT2D eigenvalue weighted by Gasteiger charge is 2.16. The van der Waals surface area contributed by atoms with Gasteiger partial charge in [0.1, 0.15) is 5.52 Å². The molecule has 102 valence electrons. The molecule has 0 radical (unpaired) electrons. The molecule has 4 nitrogen and oxygen atoms in total. The molecule has 1 saturated heterocycles. The van der Waals surface area contributed by atoms with Gasteiger partial charge in [0.15, 0.2) is 11.5 Å². The van der Waals surface area contributed by atoms with Crippen molar-refractivity contribution >= 4 is 16.8 Å². The van der Waals surface area contributed by atoms with Crippen LogP contribution in [-0.2, 0) is 6.42 Å².